The van der Waals surface area contributed by atoms with E-state index in [1.807, 2.05) is 6.08 Å². The predicted molar refractivity (Wildman–Crippen MR) is 87.1 cm³/mol. The highest BCUT2D eigenvalue weighted by Gasteiger charge is 2.54. The number of aliphatic hydroxyl groups is 1. The maximum atomic E-state index is 11.8. The van der Waals surface area contributed by atoms with Gasteiger partial charge in [0, 0.05) is 11.8 Å². The average molecular weight is 298 g/mol. The van der Waals surface area contributed by atoms with E-state index < -0.39 is 0 Å². The molecule has 0 bridgehead atoms. The molecule has 1 N–H and O–H groups in total. The number of carbonyl (C=O) groups excluding carboxylic acids is 1. The molecule has 2 saturated carbocycles. The molecule has 0 aromatic carbocycles. The molecule has 0 aromatic rings. The van der Waals surface area contributed by atoms with Crippen LogP contribution in [0.25, 0.3) is 0 Å². The molecule has 6 atom stereocenters. The third-order valence-corrected chi connectivity index (χ3v) is 7.05. The summed E-state index contributed by atoms with van der Waals surface area (Å²) in [7, 11) is 0. The average Bonchev–Trinajstić information content (AvgIpc) is 2.81. The van der Waals surface area contributed by atoms with Gasteiger partial charge in [-0.05, 0) is 61.9 Å². The topological polar surface area (TPSA) is 37.3 Å². The van der Waals surface area contributed by atoms with Gasteiger partial charge in [-0.2, -0.15) is 0 Å². The standard InChI is InChI=1S/C20H26O2/c1-3-12-10-13-11-14(21)4-5-15(13)16-8-9-20(2)17(19(12)16)6-7-18(20)22/h3,6,11-12,15-16,18-19,22H,1,4-5,7-10H2,2H3/t12?,15-,16+,18?,19+,20-/m0/s1. The molecule has 2 nitrogen and oxygen atoms in total. The van der Waals surface area contributed by atoms with Gasteiger partial charge in [0.2, 0.25) is 0 Å². The second kappa shape index (κ2) is 4.92. The van der Waals surface area contributed by atoms with Crippen LogP contribution < -0.4 is 0 Å². The second-order valence-electron chi connectivity index (χ2n) is 7.99. The molecule has 118 valence electrons. The first-order valence-corrected chi connectivity index (χ1v) is 8.79. The lowest BCUT2D eigenvalue weighted by molar-refractivity contribution is -0.115. The molecule has 4 aliphatic rings. The summed E-state index contributed by atoms with van der Waals surface area (Å²) in [6, 6.07) is 0. The lowest BCUT2D eigenvalue weighted by Crippen LogP contribution is -2.47. The predicted octanol–water partition coefficient (Wildman–Crippen LogP) is 3.82. The summed E-state index contributed by atoms with van der Waals surface area (Å²) in [4.78, 5) is 11.8. The summed E-state index contributed by atoms with van der Waals surface area (Å²) in [6.45, 7) is 6.34. The third kappa shape index (κ3) is 1.86. The Bertz CT molecular complexity index is 585. The zero-order chi connectivity index (χ0) is 15.5. The Morgan fingerprint density at radius 1 is 1.41 bits per heavy atom. The fraction of sp³-hybridized carbons (Fsp3) is 0.650. The lowest BCUT2D eigenvalue weighted by atomic mass is 9.51. The van der Waals surface area contributed by atoms with E-state index in [1.165, 1.54) is 17.6 Å². The van der Waals surface area contributed by atoms with Crippen LogP contribution >= 0.6 is 0 Å². The van der Waals surface area contributed by atoms with E-state index in [-0.39, 0.29) is 11.5 Å². The molecule has 0 radical (unpaired) electrons. The van der Waals surface area contributed by atoms with Crippen LogP contribution in [0.1, 0.15) is 45.4 Å². The van der Waals surface area contributed by atoms with Crippen molar-refractivity contribution in [1.29, 1.82) is 0 Å². The van der Waals surface area contributed by atoms with E-state index in [9.17, 15) is 9.90 Å². The monoisotopic (exact) mass is 298 g/mol. The van der Waals surface area contributed by atoms with Gasteiger partial charge in [-0.3, -0.25) is 4.79 Å². The van der Waals surface area contributed by atoms with Crippen LogP contribution in [0.3, 0.4) is 0 Å². The molecule has 0 amide bonds. The summed E-state index contributed by atoms with van der Waals surface area (Å²) in [5.74, 6) is 2.49. The Hall–Kier alpha value is -1.15. The van der Waals surface area contributed by atoms with Crippen molar-refractivity contribution in [3.63, 3.8) is 0 Å². The van der Waals surface area contributed by atoms with Gasteiger partial charge in [-0.1, -0.05) is 30.2 Å². The van der Waals surface area contributed by atoms with E-state index >= 15 is 0 Å². The molecule has 2 unspecified atom stereocenters. The van der Waals surface area contributed by atoms with Crippen LogP contribution in [-0.4, -0.2) is 17.0 Å². The summed E-state index contributed by atoms with van der Waals surface area (Å²) in [5.41, 5.74) is 2.86. The van der Waals surface area contributed by atoms with Crippen molar-refractivity contribution in [2.45, 2.75) is 51.6 Å². The Balaban J connectivity index is 1.75. The maximum absolute atomic E-state index is 11.8. The number of ketones is 1. The lowest BCUT2D eigenvalue weighted by Gasteiger charge is -2.53. The number of hydrogen-bond donors (Lipinski definition) is 1. The molecule has 4 rings (SSSR count). The van der Waals surface area contributed by atoms with E-state index in [0.717, 1.165) is 32.1 Å². The fourth-order valence-electron chi connectivity index (χ4n) is 5.83. The van der Waals surface area contributed by atoms with Gasteiger partial charge >= 0.3 is 0 Å². The number of aliphatic hydroxyl groups excluding tert-OH is 1. The van der Waals surface area contributed by atoms with Gasteiger partial charge in [-0.15, -0.1) is 6.58 Å². The smallest absolute Gasteiger partial charge is 0.155 e. The van der Waals surface area contributed by atoms with E-state index in [4.69, 9.17) is 0 Å². The third-order valence-electron chi connectivity index (χ3n) is 7.05. The first-order chi connectivity index (χ1) is 10.5. The highest BCUT2D eigenvalue weighted by Crippen LogP contribution is 2.61. The maximum Gasteiger partial charge on any atom is 0.155 e. The fourth-order valence-corrected chi connectivity index (χ4v) is 5.83. The largest absolute Gasteiger partial charge is 0.392 e. The Kier molecular flexibility index (Phi) is 3.23. The summed E-state index contributed by atoms with van der Waals surface area (Å²) in [5, 5.41) is 10.5. The number of hydrogen-bond acceptors (Lipinski definition) is 2. The van der Waals surface area contributed by atoms with Crippen molar-refractivity contribution < 1.29 is 9.90 Å². The van der Waals surface area contributed by atoms with Crippen LogP contribution in [0, 0.1) is 29.1 Å². The number of allylic oxidation sites excluding steroid dienone is 3. The Morgan fingerprint density at radius 2 is 2.23 bits per heavy atom. The van der Waals surface area contributed by atoms with Crippen molar-refractivity contribution in [3.05, 3.63) is 36.0 Å². The molecular weight excluding hydrogens is 272 g/mol. The molecule has 2 fully saturated rings. The normalized spacial score (nSPS) is 47.0. The van der Waals surface area contributed by atoms with Crippen molar-refractivity contribution in [1.82, 2.24) is 0 Å². The highest BCUT2D eigenvalue weighted by molar-refractivity contribution is 5.91. The number of fused-ring (bicyclic) bond motifs is 5. The molecule has 22 heavy (non-hydrogen) atoms. The Labute approximate surface area is 133 Å². The quantitative estimate of drug-likeness (QED) is 0.747. The molecule has 0 aromatic heterocycles. The van der Waals surface area contributed by atoms with Gasteiger partial charge < -0.3 is 5.11 Å². The van der Waals surface area contributed by atoms with Crippen LogP contribution in [0.15, 0.2) is 36.0 Å². The minimum absolute atomic E-state index is 0.0197. The van der Waals surface area contributed by atoms with Crippen LogP contribution in [0.2, 0.25) is 0 Å². The summed E-state index contributed by atoms with van der Waals surface area (Å²) >= 11 is 0. The summed E-state index contributed by atoms with van der Waals surface area (Å²) < 4.78 is 0. The van der Waals surface area contributed by atoms with Crippen molar-refractivity contribution >= 4 is 5.78 Å². The minimum Gasteiger partial charge on any atom is -0.392 e. The molecule has 0 aliphatic heterocycles. The van der Waals surface area contributed by atoms with Crippen molar-refractivity contribution in [2.75, 3.05) is 0 Å². The molecule has 2 heteroatoms. The SMILES string of the molecule is C=CC1CC2=CC(=O)CC[C@@H]2[C@H]2CC[C@@]3(C)C(=CCC3O)[C@H]12. The van der Waals surface area contributed by atoms with E-state index in [1.54, 1.807) is 0 Å². The molecular formula is C20H26O2. The van der Waals surface area contributed by atoms with Crippen molar-refractivity contribution in [3.8, 4) is 0 Å². The molecule has 0 saturated heterocycles. The Morgan fingerprint density at radius 3 is 3.00 bits per heavy atom. The van der Waals surface area contributed by atoms with Crippen molar-refractivity contribution in [2.24, 2.45) is 29.1 Å². The van der Waals surface area contributed by atoms with Gasteiger partial charge in [0.15, 0.2) is 5.78 Å². The second-order valence-corrected chi connectivity index (χ2v) is 7.99. The summed E-state index contributed by atoms with van der Waals surface area (Å²) in [6.07, 6.45) is 12.0. The molecule has 4 aliphatic carbocycles. The molecule has 0 spiro atoms. The van der Waals surface area contributed by atoms with Gasteiger partial charge in [0.05, 0.1) is 6.10 Å². The minimum atomic E-state index is -0.209. The van der Waals surface area contributed by atoms with Gasteiger partial charge in [0.1, 0.15) is 0 Å². The molecule has 0 heterocycles. The first-order valence-electron chi connectivity index (χ1n) is 8.79. The van der Waals surface area contributed by atoms with Crippen LogP contribution in [0.5, 0.6) is 0 Å². The van der Waals surface area contributed by atoms with E-state index in [2.05, 4.69) is 25.7 Å². The van der Waals surface area contributed by atoms with E-state index in [0.29, 0.717) is 29.5 Å². The van der Waals surface area contributed by atoms with Crippen LogP contribution in [0.4, 0.5) is 0 Å². The number of carbonyl (C=O) groups is 1. The zero-order valence-corrected chi connectivity index (χ0v) is 13.4. The number of rotatable bonds is 1. The first kappa shape index (κ1) is 14.4. The van der Waals surface area contributed by atoms with Crippen LogP contribution in [-0.2, 0) is 4.79 Å². The van der Waals surface area contributed by atoms with Gasteiger partial charge in [0.25, 0.3) is 0 Å². The zero-order valence-electron chi connectivity index (χ0n) is 13.4. The highest BCUT2D eigenvalue weighted by atomic mass is 16.3. The van der Waals surface area contributed by atoms with Gasteiger partial charge in [-0.25, -0.2) is 0 Å².